The Hall–Kier alpha value is -3.23. The molecule has 190 valence electrons. The number of benzene rings is 3. The fourth-order valence-electron chi connectivity index (χ4n) is 3.92. The summed E-state index contributed by atoms with van der Waals surface area (Å²) in [4.78, 5) is 13.0. The molecule has 0 fully saturated rings. The third kappa shape index (κ3) is 5.94. The van der Waals surface area contributed by atoms with Crippen LogP contribution in [0.4, 0.5) is 5.69 Å². The molecule has 0 aromatic heterocycles. The monoisotopic (exact) mass is 528 g/mol. The first-order valence-corrected chi connectivity index (χ1v) is 13.6. The molecular formula is C27H29ClN2O5S. The van der Waals surface area contributed by atoms with Crippen LogP contribution in [-0.4, -0.2) is 40.1 Å². The summed E-state index contributed by atoms with van der Waals surface area (Å²) >= 11 is 6.15. The smallest absolute Gasteiger partial charge is 0.264 e. The maximum absolute atomic E-state index is 13.5. The molecule has 0 radical (unpaired) electrons. The Morgan fingerprint density at radius 1 is 1.11 bits per heavy atom. The molecule has 4 rings (SSSR count). The normalized spacial score (nSPS) is 15.1. The van der Waals surface area contributed by atoms with Crippen molar-refractivity contribution in [3.05, 3.63) is 82.9 Å². The highest BCUT2D eigenvalue weighted by Gasteiger charge is 2.37. The van der Waals surface area contributed by atoms with Crippen molar-refractivity contribution in [1.29, 1.82) is 0 Å². The van der Waals surface area contributed by atoms with Crippen LogP contribution in [0.25, 0.3) is 0 Å². The average molecular weight is 529 g/mol. The molecule has 1 N–H and O–H groups in total. The first-order valence-electron chi connectivity index (χ1n) is 11.8. The maximum Gasteiger partial charge on any atom is 0.264 e. The number of nitrogens with zero attached hydrogens (tertiary/aromatic N) is 1. The van der Waals surface area contributed by atoms with Crippen LogP contribution >= 0.6 is 11.6 Å². The van der Waals surface area contributed by atoms with Gasteiger partial charge in [-0.2, -0.15) is 0 Å². The van der Waals surface area contributed by atoms with Gasteiger partial charge in [0.15, 0.2) is 6.10 Å². The minimum atomic E-state index is -3.95. The van der Waals surface area contributed by atoms with E-state index in [0.29, 0.717) is 10.7 Å². The minimum Gasteiger partial charge on any atom is -0.492 e. The molecule has 0 spiro atoms. The van der Waals surface area contributed by atoms with Crippen LogP contribution in [0, 0.1) is 6.92 Å². The van der Waals surface area contributed by atoms with Gasteiger partial charge >= 0.3 is 0 Å². The SMILES string of the molecule is CCCc1ccc(OCCNC(=O)[C@@H]2CN(S(=O)(=O)c3ccc(C)cc3)c3cc(Cl)ccc3O2)cc1. The van der Waals surface area contributed by atoms with E-state index < -0.39 is 22.0 Å². The standard InChI is InChI=1S/C27H29ClN2O5S/c1-3-4-20-7-10-22(11-8-20)34-16-15-29-27(31)26-18-30(24-17-21(28)9-14-25(24)35-26)36(32,33)23-12-5-19(2)6-13-23/h5-14,17,26H,3-4,15-16,18H2,1-2H3,(H,29,31)/t26-/m0/s1. The van der Waals surface area contributed by atoms with Gasteiger partial charge in [0.2, 0.25) is 0 Å². The Morgan fingerprint density at radius 3 is 2.53 bits per heavy atom. The molecule has 9 heteroatoms. The van der Waals surface area contributed by atoms with Gasteiger partial charge < -0.3 is 14.8 Å². The number of carbonyl (C=O) groups is 1. The van der Waals surface area contributed by atoms with Crippen molar-refractivity contribution in [2.24, 2.45) is 0 Å². The minimum absolute atomic E-state index is 0.124. The van der Waals surface area contributed by atoms with Gasteiger partial charge in [0.05, 0.1) is 23.7 Å². The number of fused-ring (bicyclic) bond motifs is 1. The maximum atomic E-state index is 13.5. The number of rotatable bonds is 9. The van der Waals surface area contributed by atoms with Crippen LogP contribution < -0.4 is 19.1 Å². The number of sulfonamides is 1. The van der Waals surface area contributed by atoms with Crippen molar-refractivity contribution >= 4 is 33.2 Å². The third-order valence-electron chi connectivity index (χ3n) is 5.82. The lowest BCUT2D eigenvalue weighted by atomic mass is 10.1. The van der Waals surface area contributed by atoms with Crippen LogP contribution in [0.5, 0.6) is 11.5 Å². The molecule has 36 heavy (non-hydrogen) atoms. The number of carbonyl (C=O) groups excluding carboxylic acids is 1. The zero-order valence-corrected chi connectivity index (χ0v) is 21.8. The molecule has 7 nitrogen and oxygen atoms in total. The molecule has 0 aliphatic carbocycles. The third-order valence-corrected chi connectivity index (χ3v) is 7.85. The Morgan fingerprint density at radius 2 is 1.83 bits per heavy atom. The molecule has 1 atom stereocenters. The van der Waals surface area contributed by atoms with Gasteiger partial charge in [-0.1, -0.05) is 54.8 Å². The second-order valence-corrected chi connectivity index (χ2v) is 10.9. The predicted octanol–water partition coefficient (Wildman–Crippen LogP) is 4.75. The predicted molar refractivity (Wildman–Crippen MR) is 141 cm³/mol. The van der Waals surface area contributed by atoms with Gasteiger partial charge in [-0.25, -0.2) is 8.42 Å². The number of anilines is 1. The highest BCUT2D eigenvalue weighted by molar-refractivity contribution is 7.92. The van der Waals surface area contributed by atoms with Crippen LogP contribution in [0.2, 0.25) is 5.02 Å². The molecular weight excluding hydrogens is 500 g/mol. The lowest BCUT2D eigenvalue weighted by molar-refractivity contribution is -0.127. The zero-order chi connectivity index (χ0) is 25.7. The van der Waals surface area contributed by atoms with Crippen molar-refractivity contribution in [2.45, 2.75) is 37.7 Å². The summed E-state index contributed by atoms with van der Waals surface area (Å²) in [5.74, 6) is 0.561. The van der Waals surface area contributed by atoms with E-state index in [2.05, 4.69) is 12.2 Å². The summed E-state index contributed by atoms with van der Waals surface area (Å²) in [7, 11) is -3.95. The zero-order valence-electron chi connectivity index (χ0n) is 20.2. The molecule has 1 aliphatic rings. The Kier molecular flexibility index (Phi) is 8.06. The number of hydrogen-bond donors (Lipinski definition) is 1. The number of nitrogens with one attached hydrogen (secondary N) is 1. The molecule has 0 saturated carbocycles. The molecule has 0 unspecified atom stereocenters. The van der Waals surface area contributed by atoms with E-state index in [0.717, 1.165) is 24.2 Å². The van der Waals surface area contributed by atoms with Crippen LogP contribution in [0.15, 0.2) is 71.6 Å². The van der Waals surface area contributed by atoms with Crippen molar-refractivity contribution < 1.29 is 22.7 Å². The quantitative estimate of drug-likeness (QED) is 0.405. The van der Waals surface area contributed by atoms with Gasteiger partial charge in [0.1, 0.15) is 18.1 Å². The van der Waals surface area contributed by atoms with E-state index in [-0.39, 0.29) is 30.3 Å². The lowest BCUT2D eigenvalue weighted by Crippen LogP contribution is -2.51. The highest BCUT2D eigenvalue weighted by Crippen LogP contribution is 2.38. The van der Waals surface area contributed by atoms with E-state index in [4.69, 9.17) is 21.1 Å². The van der Waals surface area contributed by atoms with Crippen LogP contribution in [0.3, 0.4) is 0 Å². The average Bonchev–Trinajstić information content (AvgIpc) is 2.87. The fourth-order valence-corrected chi connectivity index (χ4v) is 5.56. The fraction of sp³-hybridized carbons (Fsp3) is 0.296. The van der Waals surface area contributed by atoms with Gasteiger partial charge in [-0.05, 0) is 61.4 Å². The number of amides is 1. The summed E-state index contributed by atoms with van der Waals surface area (Å²) in [6.45, 7) is 4.34. The van der Waals surface area contributed by atoms with E-state index in [9.17, 15) is 13.2 Å². The van der Waals surface area contributed by atoms with Gasteiger partial charge in [0.25, 0.3) is 15.9 Å². The first kappa shape index (κ1) is 25.9. The van der Waals surface area contributed by atoms with Crippen molar-refractivity contribution in [3.63, 3.8) is 0 Å². The number of halogens is 1. The molecule has 3 aromatic carbocycles. The molecule has 0 saturated heterocycles. The van der Waals surface area contributed by atoms with E-state index >= 15 is 0 Å². The summed E-state index contributed by atoms with van der Waals surface area (Å²) in [5, 5.41) is 3.14. The van der Waals surface area contributed by atoms with Crippen molar-refractivity contribution in [1.82, 2.24) is 5.32 Å². The first-order chi connectivity index (χ1) is 17.3. The van der Waals surface area contributed by atoms with Crippen molar-refractivity contribution in [2.75, 3.05) is 24.0 Å². The number of hydrogen-bond acceptors (Lipinski definition) is 5. The van der Waals surface area contributed by atoms with Crippen LogP contribution in [0.1, 0.15) is 24.5 Å². The van der Waals surface area contributed by atoms with Gasteiger partial charge in [0, 0.05) is 5.02 Å². The highest BCUT2D eigenvalue weighted by atomic mass is 35.5. The topological polar surface area (TPSA) is 84.9 Å². The molecule has 0 bridgehead atoms. The molecule has 1 aliphatic heterocycles. The van der Waals surface area contributed by atoms with E-state index in [1.165, 1.54) is 15.9 Å². The van der Waals surface area contributed by atoms with Gasteiger partial charge in [-0.15, -0.1) is 0 Å². The largest absolute Gasteiger partial charge is 0.492 e. The lowest BCUT2D eigenvalue weighted by Gasteiger charge is -2.34. The van der Waals surface area contributed by atoms with Crippen molar-refractivity contribution in [3.8, 4) is 11.5 Å². The summed E-state index contributed by atoms with van der Waals surface area (Å²) in [6.07, 6.45) is 1.06. The molecule has 1 amide bonds. The number of aryl methyl sites for hydroxylation is 2. The summed E-state index contributed by atoms with van der Waals surface area (Å²) in [5.41, 5.74) is 2.48. The number of ether oxygens (including phenoxy) is 2. The van der Waals surface area contributed by atoms with E-state index in [1.54, 1.807) is 36.4 Å². The Bertz CT molecular complexity index is 1310. The van der Waals surface area contributed by atoms with Crippen LogP contribution in [-0.2, 0) is 21.2 Å². The van der Waals surface area contributed by atoms with Gasteiger partial charge in [-0.3, -0.25) is 9.10 Å². The Balaban J connectivity index is 1.43. The summed E-state index contributed by atoms with van der Waals surface area (Å²) < 4.78 is 39.8. The molecule has 1 heterocycles. The second-order valence-electron chi connectivity index (χ2n) is 8.60. The summed E-state index contributed by atoms with van der Waals surface area (Å²) in [6, 6.07) is 19.1. The second kappa shape index (κ2) is 11.2. The Labute approximate surface area is 217 Å². The molecule has 3 aromatic rings. The van der Waals surface area contributed by atoms with E-state index in [1.807, 2.05) is 31.2 Å².